The van der Waals surface area contributed by atoms with Gasteiger partial charge in [-0.3, -0.25) is 4.79 Å². The van der Waals surface area contributed by atoms with Crippen LogP contribution < -0.4 is 16.7 Å². The number of aromatic nitrogens is 2. The Kier molecular flexibility index (Phi) is 4.26. The summed E-state index contributed by atoms with van der Waals surface area (Å²) in [7, 11) is 0. The summed E-state index contributed by atoms with van der Waals surface area (Å²) in [5, 5.41) is 0.0196. The van der Waals surface area contributed by atoms with Crippen molar-refractivity contribution in [3.8, 4) is 0 Å². The number of carbonyl (C=O) groups is 1. The average molecular weight is 336 g/mol. The van der Waals surface area contributed by atoms with Gasteiger partial charge < -0.3 is 15.9 Å². The minimum Gasteiger partial charge on any atom is -0.462 e. The number of halogens is 3. The highest BCUT2D eigenvalue weighted by molar-refractivity contribution is 7.22. The van der Waals surface area contributed by atoms with Gasteiger partial charge in [0.15, 0.2) is 5.13 Å². The second kappa shape index (κ2) is 5.83. The van der Waals surface area contributed by atoms with Gasteiger partial charge in [-0.25, -0.2) is 14.5 Å². The van der Waals surface area contributed by atoms with E-state index >= 15 is 0 Å². The van der Waals surface area contributed by atoms with Gasteiger partial charge in [-0.15, -0.1) is 0 Å². The van der Waals surface area contributed by atoms with E-state index in [0.717, 1.165) is 17.5 Å². The van der Waals surface area contributed by atoms with E-state index in [4.69, 9.17) is 10.5 Å². The van der Waals surface area contributed by atoms with E-state index in [-0.39, 0.29) is 27.5 Å². The molecule has 2 heterocycles. The predicted molar refractivity (Wildman–Crippen MR) is 74.5 cm³/mol. The van der Waals surface area contributed by atoms with Crippen molar-refractivity contribution in [1.29, 1.82) is 0 Å². The van der Waals surface area contributed by atoms with E-state index in [2.05, 4.69) is 4.98 Å². The van der Waals surface area contributed by atoms with Crippen LogP contribution in [0.1, 0.15) is 17.3 Å². The van der Waals surface area contributed by atoms with Crippen molar-refractivity contribution in [2.45, 2.75) is 13.1 Å². The fourth-order valence-electron chi connectivity index (χ4n) is 1.67. The van der Waals surface area contributed by atoms with Crippen LogP contribution in [0.5, 0.6) is 0 Å². The lowest BCUT2D eigenvalue weighted by molar-refractivity contribution is -0.116. The highest BCUT2D eigenvalue weighted by atomic mass is 32.1. The Labute approximate surface area is 125 Å². The number of pyridine rings is 1. The van der Waals surface area contributed by atoms with E-state index in [0.29, 0.717) is 4.68 Å². The lowest BCUT2D eigenvalue weighted by Crippen LogP contribution is -2.35. The van der Waals surface area contributed by atoms with Gasteiger partial charge in [0, 0.05) is 6.20 Å². The first-order chi connectivity index (χ1) is 10.2. The van der Waals surface area contributed by atoms with Crippen LogP contribution in [0.3, 0.4) is 0 Å². The number of hydrogen-bond donors (Lipinski definition) is 2. The number of nitrogens with one attached hydrogen (secondary N) is 1. The van der Waals surface area contributed by atoms with E-state index in [9.17, 15) is 22.8 Å². The van der Waals surface area contributed by atoms with Crippen LogP contribution >= 0.6 is 11.3 Å². The number of alkyl halides is 3. The van der Waals surface area contributed by atoms with Crippen LogP contribution in [0.15, 0.2) is 11.0 Å². The molecule has 0 spiro atoms. The van der Waals surface area contributed by atoms with E-state index in [1.165, 1.54) is 0 Å². The highest BCUT2D eigenvalue weighted by Crippen LogP contribution is 2.24. The van der Waals surface area contributed by atoms with Crippen LogP contribution in [0, 0.1) is 0 Å². The van der Waals surface area contributed by atoms with Crippen molar-refractivity contribution < 1.29 is 22.7 Å². The number of nitrogens with two attached hydrogens (primary N) is 1. The predicted octanol–water partition coefficient (Wildman–Crippen LogP) is 1.32. The van der Waals surface area contributed by atoms with Gasteiger partial charge in [-0.05, 0) is 6.92 Å². The highest BCUT2D eigenvalue weighted by Gasteiger charge is 2.28. The normalized spacial score (nSPS) is 11.6. The smallest absolute Gasteiger partial charge is 0.407 e. The number of hydrogen-bond acceptors (Lipinski definition) is 7. The largest absolute Gasteiger partial charge is 0.462 e. The van der Waals surface area contributed by atoms with E-state index in [1.54, 1.807) is 6.92 Å². The topological polar surface area (TPSA) is 99.2 Å². The molecule has 7 nitrogen and oxygen atoms in total. The minimum atomic E-state index is -4.52. The molecule has 3 N–H and O–H groups in total. The molecule has 2 aromatic rings. The fourth-order valence-corrected chi connectivity index (χ4v) is 2.46. The van der Waals surface area contributed by atoms with Crippen molar-refractivity contribution in [3.05, 3.63) is 22.1 Å². The summed E-state index contributed by atoms with van der Waals surface area (Å²) in [5.74, 6) is -0.805. The fraction of sp³-hybridized carbons (Fsp3) is 0.364. The third-order valence-electron chi connectivity index (χ3n) is 2.52. The summed E-state index contributed by atoms with van der Waals surface area (Å²) in [5.41, 5.74) is 6.50. The number of nitrogens with zero attached hydrogens (tertiary/aromatic N) is 2. The molecule has 0 aliphatic carbocycles. The Morgan fingerprint density at radius 1 is 1.55 bits per heavy atom. The third-order valence-corrected chi connectivity index (χ3v) is 3.39. The summed E-state index contributed by atoms with van der Waals surface area (Å²) in [6.45, 7) is 0.201. The maximum atomic E-state index is 12.3. The summed E-state index contributed by atoms with van der Waals surface area (Å²) in [4.78, 5) is 27.8. The maximum Gasteiger partial charge on any atom is 0.407 e. The number of thiazole rings is 1. The molecule has 120 valence electrons. The second-order valence-electron chi connectivity index (χ2n) is 4.12. The summed E-state index contributed by atoms with van der Waals surface area (Å²) < 4.78 is 42.2. The number of carbonyl (C=O) groups excluding carboxylic acids is 1. The standard InChI is InChI=1S/C11H11F3N4O3S/c1-2-21-9(20)5-3-18(16-4-11(12,13)14)8(19)7-6(5)17-10(15)22-7/h3,16H,2,4H2,1H3,(H2,15,17). The SMILES string of the molecule is CCOC(=O)c1cn(NCC(F)(F)F)c(=O)c2sc(N)nc12. The minimum absolute atomic E-state index is 0.0102. The van der Waals surface area contributed by atoms with Crippen molar-refractivity contribution in [1.82, 2.24) is 9.66 Å². The Bertz CT molecular complexity index is 768. The maximum absolute atomic E-state index is 12.3. The zero-order chi connectivity index (χ0) is 16.5. The van der Waals surface area contributed by atoms with Crippen molar-refractivity contribution in [3.63, 3.8) is 0 Å². The molecule has 0 atom stereocenters. The molecular weight excluding hydrogens is 325 g/mol. The van der Waals surface area contributed by atoms with E-state index < -0.39 is 24.2 Å². The molecule has 22 heavy (non-hydrogen) atoms. The van der Waals surface area contributed by atoms with Crippen LogP contribution in [0.4, 0.5) is 18.3 Å². The molecule has 0 unspecified atom stereocenters. The first kappa shape index (κ1) is 16.1. The molecule has 0 aliphatic rings. The van der Waals surface area contributed by atoms with Gasteiger partial charge in [0.2, 0.25) is 0 Å². The monoisotopic (exact) mass is 336 g/mol. The summed E-state index contributed by atoms with van der Waals surface area (Å²) in [6.07, 6.45) is -3.60. The van der Waals surface area contributed by atoms with Crippen molar-refractivity contribution in [2.75, 3.05) is 24.3 Å². The van der Waals surface area contributed by atoms with Gasteiger partial charge in [0.05, 0.1) is 6.61 Å². The van der Waals surface area contributed by atoms with Gasteiger partial charge in [-0.1, -0.05) is 11.3 Å². The number of nitrogen functional groups attached to an aromatic ring is 1. The average Bonchev–Trinajstić information content (AvgIpc) is 2.79. The van der Waals surface area contributed by atoms with Crippen molar-refractivity contribution >= 4 is 32.7 Å². The Morgan fingerprint density at radius 3 is 2.82 bits per heavy atom. The molecule has 11 heteroatoms. The van der Waals surface area contributed by atoms with Gasteiger partial charge in [0.25, 0.3) is 5.56 Å². The molecule has 0 radical (unpaired) electrons. The quantitative estimate of drug-likeness (QED) is 0.817. The first-order valence-corrected chi connectivity index (χ1v) is 6.84. The number of anilines is 1. The van der Waals surface area contributed by atoms with Crippen LogP contribution in [-0.4, -0.2) is 35.0 Å². The van der Waals surface area contributed by atoms with Crippen molar-refractivity contribution in [2.24, 2.45) is 0 Å². The van der Waals surface area contributed by atoms with Gasteiger partial charge >= 0.3 is 12.1 Å². The van der Waals surface area contributed by atoms with Gasteiger partial charge in [-0.2, -0.15) is 13.2 Å². The molecule has 0 saturated heterocycles. The summed E-state index contributed by atoms with van der Waals surface area (Å²) >= 11 is 0.780. The molecule has 0 bridgehead atoms. The molecule has 2 aromatic heterocycles. The zero-order valence-electron chi connectivity index (χ0n) is 11.2. The molecule has 0 saturated carbocycles. The lowest BCUT2D eigenvalue weighted by Gasteiger charge is -2.13. The molecule has 2 rings (SSSR count). The van der Waals surface area contributed by atoms with E-state index in [1.807, 2.05) is 5.43 Å². The second-order valence-corrected chi connectivity index (χ2v) is 5.15. The molecule has 0 amide bonds. The Morgan fingerprint density at radius 2 is 2.23 bits per heavy atom. The number of rotatable bonds is 4. The molecule has 0 aliphatic heterocycles. The Balaban J connectivity index is 2.55. The molecule has 0 fully saturated rings. The first-order valence-electron chi connectivity index (χ1n) is 6.02. The Hall–Kier alpha value is -2.30. The molecular formula is C11H11F3N4O3S. The van der Waals surface area contributed by atoms with Crippen LogP contribution in [0.2, 0.25) is 0 Å². The lowest BCUT2D eigenvalue weighted by atomic mass is 10.2. The van der Waals surface area contributed by atoms with Crippen LogP contribution in [-0.2, 0) is 4.74 Å². The summed E-state index contributed by atoms with van der Waals surface area (Å²) in [6, 6.07) is 0. The third kappa shape index (κ3) is 3.30. The number of ether oxygens (including phenoxy) is 1. The molecule has 0 aromatic carbocycles. The number of esters is 1. The van der Waals surface area contributed by atoms with Crippen LogP contribution in [0.25, 0.3) is 10.2 Å². The number of fused-ring (bicyclic) bond motifs is 1. The zero-order valence-corrected chi connectivity index (χ0v) is 12.0. The van der Waals surface area contributed by atoms with Gasteiger partial charge in [0.1, 0.15) is 22.3 Å².